The summed E-state index contributed by atoms with van der Waals surface area (Å²) in [5, 5.41) is 3.15. The van der Waals surface area contributed by atoms with Crippen LogP contribution in [0.4, 0.5) is 5.69 Å². The first-order valence-corrected chi connectivity index (χ1v) is 12.4. The summed E-state index contributed by atoms with van der Waals surface area (Å²) >= 11 is 17.1. The van der Waals surface area contributed by atoms with Gasteiger partial charge in [0.2, 0.25) is 0 Å². The first-order chi connectivity index (χ1) is 15.0. The van der Waals surface area contributed by atoms with Crippen LogP contribution in [-0.2, 0) is 0 Å². The fourth-order valence-electron chi connectivity index (χ4n) is 4.48. The molecule has 1 aliphatic carbocycles. The van der Waals surface area contributed by atoms with Gasteiger partial charge in [0, 0.05) is 11.1 Å². The number of aryl methyl sites for hydroxylation is 1. The Morgan fingerprint density at radius 2 is 1.71 bits per heavy atom. The lowest BCUT2D eigenvalue weighted by molar-refractivity contribution is 0.303. The highest BCUT2D eigenvalue weighted by molar-refractivity contribution is 7.78. The van der Waals surface area contributed by atoms with E-state index in [9.17, 15) is 0 Å². The summed E-state index contributed by atoms with van der Waals surface area (Å²) in [6.07, 6.45) is 10.9. The summed E-state index contributed by atoms with van der Waals surface area (Å²) in [4.78, 5) is 3.91. The molecule has 1 nitrogen and oxygen atoms in total. The highest BCUT2D eigenvalue weighted by Gasteiger charge is 2.22. The Labute approximate surface area is 202 Å². The molecule has 0 aromatic heterocycles. The molecule has 2 aromatic rings. The van der Waals surface area contributed by atoms with E-state index in [2.05, 4.69) is 66.3 Å². The third-order valence-corrected chi connectivity index (χ3v) is 6.97. The van der Waals surface area contributed by atoms with E-state index in [1.807, 2.05) is 0 Å². The predicted molar refractivity (Wildman–Crippen MR) is 137 cm³/mol. The van der Waals surface area contributed by atoms with Crippen LogP contribution >= 0.6 is 35.4 Å². The molecule has 2 aromatic carbocycles. The van der Waals surface area contributed by atoms with Crippen LogP contribution in [0.5, 0.6) is 0 Å². The first kappa shape index (κ1) is 24.0. The average molecular weight is 471 g/mol. The van der Waals surface area contributed by atoms with Crippen LogP contribution in [0.3, 0.4) is 0 Å². The van der Waals surface area contributed by atoms with Gasteiger partial charge in [-0.1, -0.05) is 79.8 Å². The van der Waals surface area contributed by atoms with Crippen molar-refractivity contribution in [2.24, 2.45) is 10.9 Å². The minimum absolute atomic E-state index is 0.423. The maximum absolute atomic E-state index is 6.25. The summed E-state index contributed by atoms with van der Waals surface area (Å²) in [5.41, 5.74) is 4.90. The summed E-state index contributed by atoms with van der Waals surface area (Å²) in [6, 6.07) is 10.3. The lowest BCUT2D eigenvalue weighted by Crippen LogP contribution is -2.13. The molecule has 1 saturated carbocycles. The van der Waals surface area contributed by atoms with Gasteiger partial charge in [-0.2, -0.15) is 4.99 Å². The first-order valence-electron chi connectivity index (χ1n) is 11.2. The van der Waals surface area contributed by atoms with Crippen LogP contribution in [0.15, 0.2) is 35.3 Å². The zero-order valence-electron chi connectivity index (χ0n) is 18.3. The molecule has 3 rings (SSSR count). The molecule has 31 heavy (non-hydrogen) atoms. The molecular formula is C27H29Cl2NS. The molecular weight excluding hydrogens is 441 g/mol. The summed E-state index contributed by atoms with van der Waals surface area (Å²) in [7, 11) is 0. The molecule has 0 unspecified atom stereocenters. The van der Waals surface area contributed by atoms with E-state index in [4.69, 9.17) is 23.2 Å². The van der Waals surface area contributed by atoms with E-state index in [1.54, 1.807) is 12.1 Å². The molecule has 1 aliphatic rings. The van der Waals surface area contributed by atoms with Crippen molar-refractivity contribution >= 4 is 46.3 Å². The number of isothiocyanates is 1. The minimum Gasteiger partial charge on any atom is -0.192 e. The number of hydrogen-bond donors (Lipinski definition) is 0. The van der Waals surface area contributed by atoms with Gasteiger partial charge in [0.15, 0.2) is 0 Å². The maximum atomic E-state index is 6.25. The van der Waals surface area contributed by atoms with Crippen molar-refractivity contribution in [3.63, 3.8) is 0 Å². The lowest BCUT2D eigenvalue weighted by Gasteiger charge is -2.29. The quantitative estimate of drug-likeness (QED) is 0.177. The van der Waals surface area contributed by atoms with Crippen LogP contribution in [-0.4, -0.2) is 5.16 Å². The number of benzene rings is 2. The molecule has 0 atom stereocenters. The van der Waals surface area contributed by atoms with Crippen molar-refractivity contribution in [1.29, 1.82) is 0 Å². The molecule has 0 heterocycles. The van der Waals surface area contributed by atoms with E-state index in [0.717, 1.165) is 17.0 Å². The van der Waals surface area contributed by atoms with Gasteiger partial charge in [-0.25, -0.2) is 0 Å². The van der Waals surface area contributed by atoms with Crippen LogP contribution in [0.25, 0.3) is 0 Å². The maximum Gasteiger partial charge on any atom is 0.111 e. The Bertz CT molecular complexity index is 996. The molecule has 0 amide bonds. The van der Waals surface area contributed by atoms with Crippen LogP contribution in [0.1, 0.15) is 86.5 Å². The molecule has 0 spiro atoms. The highest BCUT2D eigenvalue weighted by Crippen LogP contribution is 2.38. The second kappa shape index (κ2) is 11.8. The van der Waals surface area contributed by atoms with Crippen molar-refractivity contribution in [2.75, 3.05) is 0 Å². The van der Waals surface area contributed by atoms with Gasteiger partial charge in [0.05, 0.1) is 15.2 Å². The van der Waals surface area contributed by atoms with Crippen LogP contribution < -0.4 is 0 Å². The zero-order valence-corrected chi connectivity index (χ0v) is 20.6. The molecule has 0 saturated heterocycles. The van der Waals surface area contributed by atoms with Crippen LogP contribution in [0, 0.1) is 24.7 Å². The lowest BCUT2D eigenvalue weighted by atomic mass is 9.76. The minimum atomic E-state index is 0.423. The van der Waals surface area contributed by atoms with Crippen molar-refractivity contribution in [3.8, 4) is 11.8 Å². The summed E-state index contributed by atoms with van der Waals surface area (Å²) < 4.78 is 0. The van der Waals surface area contributed by atoms with Gasteiger partial charge in [-0.05, 0) is 86.0 Å². The van der Waals surface area contributed by atoms with Gasteiger partial charge < -0.3 is 0 Å². The second-order valence-corrected chi connectivity index (χ2v) is 9.53. The fraction of sp³-hybridized carbons (Fsp3) is 0.444. The van der Waals surface area contributed by atoms with Crippen molar-refractivity contribution in [1.82, 2.24) is 0 Å². The van der Waals surface area contributed by atoms with Gasteiger partial charge in [0.25, 0.3) is 0 Å². The third kappa shape index (κ3) is 6.68. The molecule has 162 valence electrons. The zero-order chi connectivity index (χ0) is 22.2. The Balaban J connectivity index is 1.67. The van der Waals surface area contributed by atoms with Crippen molar-refractivity contribution in [2.45, 2.75) is 71.1 Å². The smallest absolute Gasteiger partial charge is 0.111 e. The third-order valence-electron chi connectivity index (χ3n) is 6.30. The molecule has 0 radical (unpaired) electrons. The topological polar surface area (TPSA) is 12.4 Å². The summed E-state index contributed by atoms with van der Waals surface area (Å²) in [5.74, 6) is 8.07. The van der Waals surface area contributed by atoms with Crippen LogP contribution in [0.2, 0.25) is 10.0 Å². The fourth-order valence-corrected chi connectivity index (χ4v) is 5.14. The average Bonchev–Trinajstić information content (AvgIpc) is 2.76. The SMILES string of the molecule is CCCCCC1CCC(c2ccc(C#Cc3cc(Cl)c(N=C=S)c(Cl)c3)c(C)c2)CC1. The predicted octanol–water partition coefficient (Wildman–Crippen LogP) is 9.29. The number of halogens is 2. The second-order valence-electron chi connectivity index (χ2n) is 8.53. The van der Waals surface area contributed by atoms with Gasteiger partial charge >= 0.3 is 0 Å². The van der Waals surface area contributed by atoms with Crippen molar-refractivity contribution in [3.05, 3.63) is 62.6 Å². The molecule has 1 fully saturated rings. The summed E-state index contributed by atoms with van der Waals surface area (Å²) in [6.45, 7) is 4.42. The van der Waals surface area contributed by atoms with Gasteiger partial charge in [-0.15, -0.1) is 0 Å². The number of thiocarbonyl (C=S) groups is 1. The number of nitrogens with zero attached hydrogens (tertiary/aromatic N) is 1. The van der Waals surface area contributed by atoms with E-state index >= 15 is 0 Å². The molecule has 0 aliphatic heterocycles. The largest absolute Gasteiger partial charge is 0.192 e. The molecule has 0 N–H and O–H groups in total. The number of hydrogen-bond acceptors (Lipinski definition) is 2. The molecule has 0 bridgehead atoms. The Morgan fingerprint density at radius 3 is 2.32 bits per heavy atom. The Kier molecular flexibility index (Phi) is 9.18. The highest BCUT2D eigenvalue weighted by atomic mass is 35.5. The normalized spacial score (nSPS) is 18.1. The standard InChI is InChI=1S/C27H29Cl2NS/c1-3-4-5-6-20-7-11-23(12-8-20)24-14-13-22(19(2)15-24)10-9-21-16-25(28)27(30-18-31)26(29)17-21/h13-17,20,23H,3-8,11-12H2,1-2H3. The van der Waals surface area contributed by atoms with Gasteiger partial charge in [0.1, 0.15) is 5.69 Å². The van der Waals surface area contributed by atoms with E-state index in [1.165, 1.54) is 62.5 Å². The van der Waals surface area contributed by atoms with E-state index < -0.39 is 0 Å². The number of aliphatic imine (C=N–C) groups is 1. The van der Waals surface area contributed by atoms with Gasteiger partial charge in [-0.3, -0.25) is 0 Å². The number of unbranched alkanes of at least 4 members (excludes halogenated alkanes) is 2. The Hall–Kier alpha value is -1.62. The molecule has 4 heteroatoms. The van der Waals surface area contributed by atoms with E-state index in [-0.39, 0.29) is 0 Å². The number of rotatable bonds is 6. The Morgan fingerprint density at radius 1 is 1.00 bits per heavy atom. The van der Waals surface area contributed by atoms with E-state index in [0.29, 0.717) is 21.7 Å². The monoisotopic (exact) mass is 469 g/mol. The van der Waals surface area contributed by atoms with Crippen molar-refractivity contribution < 1.29 is 0 Å².